The predicted molar refractivity (Wildman–Crippen MR) is 134 cm³/mol. The van der Waals surface area contributed by atoms with Crippen molar-refractivity contribution in [3.8, 4) is 0 Å². The lowest BCUT2D eigenvalue weighted by Gasteiger charge is -2.14. The summed E-state index contributed by atoms with van der Waals surface area (Å²) in [5.41, 5.74) is 1.31. The number of benzene rings is 2. The molecule has 0 aliphatic carbocycles. The Kier molecular flexibility index (Phi) is 8.51. The van der Waals surface area contributed by atoms with E-state index in [-0.39, 0.29) is 11.1 Å². The third kappa shape index (κ3) is 4.99. The van der Waals surface area contributed by atoms with E-state index in [1.54, 1.807) is 24.3 Å². The van der Waals surface area contributed by atoms with E-state index in [9.17, 15) is 14.4 Å². The van der Waals surface area contributed by atoms with Crippen molar-refractivity contribution in [2.24, 2.45) is 0 Å². The quantitative estimate of drug-likeness (QED) is 0.0945. The van der Waals surface area contributed by atoms with Gasteiger partial charge in [-0.3, -0.25) is 9.59 Å². The number of hydrogen-bond donors (Lipinski definition) is 0. The first kappa shape index (κ1) is 24.6. The molecule has 3 rings (SSSR count). The van der Waals surface area contributed by atoms with Crippen molar-refractivity contribution in [3.63, 3.8) is 0 Å². The van der Waals surface area contributed by atoms with Gasteiger partial charge in [-0.05, 0) is 94.4 Å². The Bertz CT molecular complexity index is 990. The van der Waals surface area contributed by atoms with Crippen molar-refractivity contribution in [2.75, 3.05) is 11.5 Å². The third-order valence-corrected chi connectivity index (χ3v) is 9.71. The monoisotopic (exact) mass is 677 g/mol. The maximum atomic E-state index is 13.0. The number of halogens is 4. The van der Waals surface area contributed by atoms with Crippen LogP contribution in [0.15, 0.2) is 42.2 Å². The summed E-state index contributed by atoms with van der Waals surface area (Å²) < 4.78 is 7.58. The first-order chi connectivity index (χ1) is 14.8. The average Bonchev–Trinajstić information content (AvgIpc) is 3.03. The summed E-state index contributed by atoms with van der Waals surface area (Å²) in [6, 6.07) is 6.28. The fourth-order valence-electron chi connectivity index (χ4n) is 3.28. The van der Waals surface area contributed by atoms with Crippen molar-refractivity contribution in [1.29, 1.82) is 0 Å². The molecule has 0 saturated carbocycles. The van der Waals surface area contributed by atoms with Gasteiger partial charge in [0.15, 0.2) is 0 Å². The molecule has 0 aromatic heterocycles. The van der Waals surface area contributed by atoms with Crippen LogP contribution in [-0.2, 0) is 4.74 Å². The Morgan fingerprint density at radius 3 is 1.84 bits per heavy atom. The lowest BCUT2D eigenvalue weighted by molar-refractivity contribution is 0.0497. The molecule has 5 nitrogen and oxygen atoms in total. The number of ether oxygens (including phenoxy) is 1. The first-order valence-corrected chi connectivity index (χ1v) is 13.0. The van der Waals surface area contributed by atoms with E-state index < -0.39 is 17.8 Å². The highest BCUT2D eigenvalue weighted by molar-refractivity contribution is 9.15. The molecule has 0 unspecified atom stereocenters. The molecule has 2 amide bonds. The Morgan fingerprint density at radius 1 is 0.806 bits per heavy atom. The molecular formula is C22H19Br4NO4. The van der Waals surface area contributed by atoms with Gasteiger partial charge in [-0.1, -0.05) is 32.6 Å². The molecule has 0 N–H and O–H groups in total. The lowest BCUT2D eigenvalue weighted by atomic mass is 10.1. The number of carbonyl (C=O) groups excluding carboxylic acids is 3. The highest BCUT2D eigenvalue weighted by Crippen LogP contribution is 2.46. The molecule has 0 spiro atoms. The standard InChI is InChI=1S/C22H19Br4NO4/c1-2-3-4-5-6-11-31-22(30)12-7-9-13(10-8-12)27-20(28)14-15(21(27)29)17(24)19(26)18(25)16(14)23/h7-10H,2-6,11H2,1H3. The minimum absolute atomic E-state index is 0.276. The van der Waals surface area contributed by atoms with Gasteiger partial charge in [-0.2, -0.15) is 0 Å². The molecular weight excluding hydrogens is 662 g/mol. The lowest BCUT2D eigenvalue weighted by Crippen LogP contribution is -2.29. The molecule has 2 aromatic carbocycles. The van der Waals surface area contributed by atoms with Crippen LogP contribution in [0.5, 0.6) is 0 Å². The smallest absolute Gasteiger partial charge is 0.338 e. The van der Waals surface area contributed by atoms with Gasteiger partial charge in [0, 0.05) is 17.9 Å². The number of anilines is 1. The van der Waals surface area contributed by atoms with Crippen molar-refractivity contribution < 1.29 is 19.1 Å². The van der Waals surface area contributed by atoms with Crippen LogP contribution < -0.4 is 4.90 Å². The second kappa shape index (κ2) is 10.7. The SMILES string of the molecule is CCCCCCCOC(=O)c1ccc(N2C(=O)c3c(Br)c(Br)c(Br)c(Br)c3C2=O)cc1. The van der Waals surface area contributed by atoms with Crippen LogP contribution in [0.4, 0.5) is 5.69 Å². The Morgan fingerprint density at radius 2 is 1.32 bits per heavy atom. The van der Waals surface area contributed by atoms with E-state index in [0.29, 0.717) is 35.7 Å². The summed E-state index contributed by atoms with van der Waals surface area (Å²) in [7, 11) is 0. The summed E-state index contributed by atoms with van der Waals surface area (Å²) in [5.74, 6) is -1.30. The predicted octanol–water partition coefficient (Wildman–Crippen LogP) is 7.66. The van der Waals surface area contributed by atoms with Crippen molar-refractivity contribution in [2.45, 2.75) is 39.0 Å². The van der Waals surface area contributed by atoms with Crippen molar-refractivity contribution >= 4 is 87.2 Å². The molecule has 0 radical (unpaired) electrons. The maximum absolute atomic E-state index is 13.0. The highest BCUT2D eigenvalue weighted by atomic mass is 79.9. The van der Waals surface area contributed by atoms with E-state index in [0.717, 1.165) is 24.2 Å². The molecule has 1 heterocycles. The van der Waals surface area contributed by atoms with Crippen molar-refractivity contribution in [1.82, 2.24) is 0 Å². The Balaban J connectivity index is 1.74. The van der Waals surface area contributed by atoms with E-state index in [1.807, 2.05) is 0 Å². The number of amides is 2. The molecule has 1 aliphatic heterocycles. The largest absolute Gasteiger partial charge is 0.462 e. The molecule has 9 heteroatoms. The third-order valence-electron chi connectivity index (χ3n) is 4.94. The van der Waals surface area contributed by atoms with Crippen LogP contribution in [-0.4, -0.2) is 24.4 Å². The number of unbranched alkanes of at least 4 members (excludes halogenated alkanes) is 4. The van der Waals surface area contributed by atoms with Gasteiger partial charge in [-0.15, -0.1) is 0 Å². The molecule has 0 bridgehead atoms. The number of nitrogens with zero attached hydrogens (tertiary/aromatic N) is 1. The van der Waals surface area contributed by atoms with Crippen LogP contribution in [0.25, 0.3) is 0 Å². The Hall–Kier alpha value is -1.03. The Labute approximate surface area is 214 Å². The van der Waals surface area contributed by atoms with Gasteiger partial charge in [0.25, 0.3) is 11.8 Å². The van der Waals surface area contributed by atoms with Gasteiger partial charge in [0.1, 0.15) is 0 Å². The number of carbonyl (C=O) groups is 3. The average molecular weight is 681 g/mol. The topological polar surface area (TPSA) is 63.7 Å². The summed E-state index contributed by atoms with van der Waals surface area (Å²) in [6.07, 6.45) is 5.38. The van der Waals surface area contributed by atoms with E-state index in [4.69, 9.17) is 4.74 Å². The molecule has 2 aromatic rings. The highest BCUT2D eigenvalue weighted by Gasteiger charge is 2.41. The van der Waals surface area contributed by atoms with Gasteiger partial charge in [0.05, 0.1) is 29.0 Å². The number of hydrogen-bond acceptors (Lipinski definition) is 4. The minimum Gasteiger partial charge on any atom is -0.462 e. The molecule has 0 saturated heterocycles. The van der Waals surface area contributed by atoms with Crippen LogP contribution in [0, 0.1) is 0 Å². The fraction of sp³-hybridized carbons (Fsp3) is 0.318. The first-order valence-electron chi connectivity index (χ1n) is 9.81. The molecule has 164 valence electrons. The zero-order chi connectivity index (χ0) is 22.7. The van der Waals surface area contributed by atoms with Gasteiger partial charge >= 0.3 is 5.97 Å². The molecule has 1 aliphatic rings. The number of imide groups is 1. The maximum Gasteiger partial charge on any atom is 0.338 e. The van der Waals surface area contributed by atoms with Gasteiger partial charge in [-0.25, -0.2) is 9.69 Å². The zero-order valence-corrected chi connectivity index (χ0v) is 23.0. The summed E-state index contributed by atoms with van der Waals surface area (Å²) in [4.78, 5) is 39.4. The van der Waals surface area contributed by atoms with E-state index in [2.05, 4.69) is 70.6 Å². The minimum atomic E-state index is -0.441. The summed E-state index contributed by atoms with van der Waals surface area (Å²) in [6.45, 7) is 2.54. The number of esters is 1. The summed E-state index contributed by atoms with van der Waals surface area (Å²) in [5, 5.41) is 0. The molecule has 0 atom stereocenters. The van der Waals surface area contributed by atoms with Crippen LogP contribution in [0.3, 0.4) is 0 Å². The van der Waals surface area contributed by atoms with E-state index >= 15 is 0 Å². The second-order valence-corrected chi connectivity index (χ2v) is 10.2. The van der Waals surface area contributed by atoms with Gasteiger partial charge < -0.3 is 4.74 Å². The zero-order valence-electron chi connectivity index (χ0n) is 16.6. The molecule has 0 fully saturated rings. The van der Waals surface area contributed by atoms with Crippen LogP contribution in [0.1, 0.15) is 70.1 Å². The van der Waals surface area contributed by atoms with Gasteiger partial charge in [0.2, 0.25) is 0 Å². The summed E-state index contributed by atoms with van der Waals surface area (Å²) >= 11 is 13.6. The van der Waals surface area contributed by atoms with Crippen molar-refractivity contribution in [3.05, 3.63) is 58.8 Å². The fourth-order valence-corrected chi connectivity index (χ4v) is 5.74. The molecule has 31 heavy (non-hydrogen) atoms. The van der Waals surface area contributed by atoms with E-state index in [1.165, 1.54) is 12.8 Å². The van der Waals surface area contributed by atoms with Crippen LogP contribution >= 0.6 is 63.7 Å². The number of rotatable bonds is 8. The second-order valence-electron chi connectivity index (χ2n) is 7.05. The normalized spacial score (nSPS) is 13.0. The van der Waals surface area contributed by atoms with Crippen LogP contribution in [0.2, 0.25) is 0 Å². The number of fused-ring (bicyclic) bond motifs is 1.